The van der Waals surface area contributed by atoms with E-state index in [9.17, 15) is 9.90 Å². The number of anilines is 1. The van der Waals surface area contributed by atoms with Crippen LogP contribution in [-0.2, 0) is 4.79 Å². The first kappa shape index (κ1) is 18.9. The van der Waals surface area contributed by atoms with Gasteiger partial charge in [0.25, 0.3) is 0 Å². The van der Waals surface area contributed by atoms with Crippen LogP contribution in [0.15, 0.2) is 12.1 Å². The first-order chi connectivity index (χ1) is 12.6. The van der Waals surface area contributed by atoms with Crippen LogP contribution in [0.3, 0.4) is 0 Å². The average Bonchev–Trinajstić information content (AvgIpc) is 2.61. The molecular formula is C21H32N2O3. The van der Waals surface area contributed by atoms with Crippen LogP contribution >= 0.6 is 0 Å². The highest BCUT2D eigenvalue weighted by molar-refractivity contribution is 5.64. The van der Waals surface area contributed by atoms with Crippen LogP contribution in [0.5, 0.6) is 11.5 Å². The molecule has 3 rings (SSSR count). The second-order valence-corrected chi connectivity index (χ2v) is 7.87. The molecular weight excluding hydrogens is 328 g/mol. The molecule has 1 aromatic rings. The number of carbonyl (C=O) groups is 1. The van der Waals surface area contributed by atoms with E-state index < -0.39 is 0 Å². The van der Waals surface area contributed by atoms with E-state index in [1.165, 1.54) is 19.3 Å². The molecule has 1 aliphatic carbocycles. The summed E-state index contributed by atoms with van der Waals surface area (Å²) in [6.07, 6.45) is 8.53. The number of aromatic hydroxyl groups is 1. The van der Waals surface area contributed by atoms with Crippen LogP contribution in [0.4, 0.5) is 5.69 Å². The highest BCUT2D eigenvalue weighted by Gasteiger charge is 2.37. The zero-order chi connectivity index (χ0) is 18.5. The molecule has 0 aromatic heterocycles. The second-order valence-electron chi connectivity index (χ2n) is 7.87. The number of hydrogen-bond acceptors (Lipinski definition) is 4. The number of nitrogens with one attached hydrogen (secondary N) is 2. The number of phenols is 1. The van der Waals surface area contributed by atoms with E-state index in [-0.39, 0.29) is 18.1 Å². The third kappa shape index (κ3) is 4.25. The van der Waals surface area contributed by atoms with E-state index in [2.05, 4.69) is 24.5 Å². The zero-order valence-electron chi connectivity index (χ0n) is 16.0. The Labute approximate surface area is 156 Å². The summed E-state index contributed by atoms with van der Waals surface area (Å²) in [6.45, 7) is 5.21. The van der Waals surface area contributed by atoms with Crippen LogP contribution in [-0.4, -0.2) is 30.2 Å². The smallest absolute Gasteiger partial charge is 0.207 e. The molecule has 2 unspecified atom stereocenters. The SMILES string of the molecule is CCCCCC(C)Oc1cc(O)c2c(c1)NC[C@@H]1CCC(NC=O)C[C@@H]21. The first-order valence-electron chi connectivity index (χ1n) is 10.1. The maximum absolute atomic E-state index is 10.8. The number of amides is 1. The van der Waals surface area contributed by atoms with Gasteiger partial charge in [0.15, 0.2) is 0 Å². The number of hydrogen-bond donors (Lipinski definition) is 3. The Bertz CT molecular complexity index is 620. The molecule has 2 aliphatic rings. The number of ether oxygens (including phenoxy) is 1. The fourth-order valence-electron chi connectivity index (χ4n) is 4.51. The topological polar surface area (TPSA) is 70.6 Å². The third-order valence-corrected chi connectivity index (χ3v) is 5.91. The lowest BCUT2D eigenvalue weighted by molar-refractivity contribution is -0.110. The minimum Gasteiger partial charge on any atom is -0.507 e. The Balaban J connectivity index is 1.73. The highest BCUT2D eigenvalue weighted by atomic mass is 16.5. The summed E-state index contributed by atoms with van der Waals surface area (Å²) in [4.78, 5) is 10.8. The summed E-state index contributed by atoms with van der Waals surface area (Å²) >= 11 is 0. The summed E-state index contributed by atoms with van der Waals surface area (Å²) in [5.41, 5.74) is 1.97. The predicted molar refractivity (Wildman–Crippen MR) is 104 cm³/mol. The number of fused-ring (bicyclic) bond motifs is 3. The Morgan fingerprint density at radius 2 is 2.23 bits per heavy atom. The van der Waals surface area contributed by atoms with Crippen LogP contribution in [0.2, 0.25) is 0 Å². The van der Waals surface area contributed by atoms with E-state index >= 15 is 0 Å². The molecule has 1 fully saturated rings. The molecule has 5 heteroatoms. The lowest BCUT2D eigenvalue weighted by Crippen LogP contribution is -2.40. The van der Waals surface area contributed by atoms with Gasteiger partial charge in [0, 0.05) is 36.0 Å². The number of carbonyl (C=O) groups excluding carboxylic acids is 1. The van der Waals surface area contributed by atoms with Crippen molar-refractivity contribution in [3.05, 3.63) is 17.7 Å². The average molecular weight is 360 g/mol. The molecule has 0 radical (unpaired) electrons. The van der Waals surface area contributed by atoms with Gasteiger partial charge >= 0.3 is 0 Å². The van der Waals surface area contributed by atoms with Crippen molar-refractivity contribution in [3.63, 3.8) is 0 Å². The van der Waals surface area contributed by atoms with Crippen molar-refractivity contribution in [2.24, 2.45) is 5.92 Å². The van der Waals surface area contributed by atoms with Gasteiger partial charge in [-0.05, 0) is 50.9 Å². The van der Waals surface area contributed by atoms with Gasteiger partial charge in [-0.2, -0.15) is 0 Å². The predicted octanol–water partition coefficient (Wildman–Crippen LogP) is 4.16. The van der Waals surface area contributed by atoms with E-state index in [1.54, 1.807) is 6.07 Å². The van der Waals surface area contributed by atoms with Crippen LogP contribution in [0.25, 0.3) is 0 Å². The van der Waals surface area contributed by atoms with E-state index in [1.807, 2.05) is 6.07 Å². The van der Waals surface area contributed by atoms with Crippen LogP contribution in [0.1, 0.15) is 70.3 Å². The number of rotatable bonds is 8. The van der Waals surface area contributed by atoms with E-state index in [0.29, 0.717) is 11.7 Å². The second kappa shape index (κ2) is 8.65. The minimum absolute atomic E-state index is 0.145. The van der Waals surface area contributed by atoms with Gasteiger partial charge < -0.3 is 20.5 Å². The third-order valence-electron chi connectivity index (χ3n) is 5.91. The fraction of sp³-hybridized carbons (Fsp3) is 0.667. The zero-order valence-corrected chi connectivity index (χ0v) is 16.0. The summed E-state index contributed by atoms with van der Waals surface area (Å²) in [6, 6.07) is 3.99. The first-order valence-corrected chi connectivity index (χ1v) is 10.1. The molecule has 144 valence electrons. The van der Waals surface area contributed by atoms with Crippen molar-refractivity contribution in [2.45, 2.75) is 76.9 Å². The molecule has 1 aliphatic heterocycles. The van der Waals surface area contributed by atoms with Gasteiger partial charge in [0.05, 0.1) is 6.10 Å². The molecule has 5 nitrogen and oxygen atoms in total. The summed E-state index contributed by atoms with van der Waals surface area (Å²) in [5, 5.41) is 17.1. The number of benzene rings is 1. The van der Waals surface area contributed by atoms with Crippen molar-refractivity contribution in [1.82, 2.24) is 5.32 Å². The minimum atomic E-state index is 0.145. The van der Waals surface area contributed by atoms with Gasteiger partial charge in [0.1, 0.15) is 11.5 Å². The fourth-order valence-corrected chi connectivity index (χ4v) is 4.51. The van der Waals surface area contributed by atoms with E-state index in [4.69, 9.17) is 4.74 Å². The van der Waals surface area contributed by atoms with Gasteiger partial charge in [-0.15, -0.1) is 0 Å². The van der Waals surface area contributed by atoms with Gasteiger partial charge in [0.2, 0.25) is 6.41 Å². The number of phenolic OH excluding ortho intramolecular Hbond substituents is 1. The molecule has 1 aromatic carbocycles. The van der Waals surface area contributed by atoms with Gasteiger partial charge in [-0.25, -0.2) is 0 Å². The lowest BCUT2D eigenvalue weighted by Gasteiger charge is -2.41. The molecule has 1 saturated carbocycles. The monoisotopic (exact) mass is 360 g/mol. The van der Waals surface area contributed by atoms with Crippen LogP contribution in [0, 0.1) is 5.92 Å². The Morgan fingerprint density at radius 1 is 1.38 bits per heavy atom. The molecule has 1 amide bonds. The lowest BCUT2D eigenvalue weighted by atomic mass is 9.71. The highest BCUT2D eigenvalue weighted by Crippen LogP contribution is 2.48. The van der Waals surface area contributed by atoms with Crippen molar-refractivity contribution >= 4 is 12.1 Å². The Hall–Kier alpha value is -1.91. The Morgan fingerprint density at radius 3 is 3.00 bits per heavy atom. The quantitative estimate of drug-likeness (QED) is 0.481. The normalized spacial score (nSPS) is 25.4. The summed E-state index contributed by atoms with van der Waals surface area (Å²) in [7, 11) is 0. The standard InChI is InChI=1S/C21H32N2O3/c1-3-4-5-6-14(2)26-17-10-19-21(20(25)11-17)18-9-16(23-13-24)8-7-15(18)12-22-19/h10-11,13-16,18,22,25H,3-9,12H2,1-2H3,(H,23,24)/t14?,15-,16?,18+/m0/s1. The molecule has 0 saturated heterocycles. The van der Waals surface area contributed by atoms with Crippen molar-refractivity contribution in [2.75, 3.05) is 11.9 Å². The van der Waals surface area contributed by atoms with Gasteiger partial charge in [-0.1, -0.05) is 19.8 Å². The maximum atomic E-state index is 10.8. The van der Waals surface area contributed by atoms with Crippen molar-refractivity contribution in [1.29, 1.82) is 0 Å². The Kier molecular flexibility index (Phi) is 6.28. The van der Waals surface area contributed by atoms with Crippen molar-refractivity contribution in [3.8, 4) is 11.5 Å². The molecule has 3 N–H and O–H groups in total. The molecule has 4 atom stereocenters. The largest absolute Gasteiger partial charge is 0.507 e. The molecule has 0 spiro atoms. The van der Waals surface area contributed by atoms with E-state index in [0.717, 1.165) is 55.6 Å². The number of unbranched alkanes of at least 4 members (excludes halogenated alkanes) is 2. The van der Waals surface area contributed by atoms with Crippen molar-refractivity contribution < 1.29 is 14.6 Å². The summed E-state index contributed by atoms with van der Waals surface area (Å²) < 4.78 is 6.04. The summed E-state index contributed by atoms with van der Waals surface area (Å²) in [5.74, 6) is 1.84. The molecule has 26 heavy (non-hydrogen) atoms. The van der Waals surface area contributed by atoms with Crippen LogP contribution < -0.4 is 15.4 Å². The molecule has 1 heterocycles. The molecule has 0 bridgehead atoms. The van der Waals surface area contributed by atoms with Gasteiger partial charge in [-0.3, -0.25) is 4.79 Å². The maximum Gasteiger partial charge on any atom is 0.207 e.